The summed E-state index contributed by atoms with van der Waals surface area (Å²) in [6.07, 6.45) is 3.43. The monoisotopic (exact) mass is 230 g/mol. The number of rotatable bonds is 6. The van der Waals surface area contributed by atoms with Crippen LogP contribution in [0.4, 0.5) is 0 Å². The van der Waals surface area contributed by atoms with Crippen LogP contribution < -0.4 is 5.73 Å². The van der Waals surface area contributed by atoms with E-state index in [0.29, 0.717) is 6.10 Å². The molecule has 1 saturated heterocycles. The van der Waals surface area contributed by atoms with E-state index in [2.05, 4.69) is 11.8 Å². The maximum absolute atomic E-state index is 9.40. The van der Waals surface area contributed by atoms with E-state index in [1.165, 1.54) is 0 Å². The van der Waals surface area contributed by atoms with Gasteiger partial charge in [0.25, 0.3) is 0 Å². The van der Waals surface area contributed by atoms with E-state index in [-0.39, 0.29) is 18.7 Å². The van der Waals surface area contributed by atoms with E-state index in [0.717, 1.165) is 39.0 Å². The number of hydrogen-bond acceptors (Lipinski definition) is 4. The summed E-state index contributed by atoms with van der Waals surface area (Å²) in [7, 11) is 0. The molecule has 0 radical (unpaired) electrons. The summed E-state index contributed by atoms with van der Waals surface area (Å²) >= 11 is 0. The lowest BCUT2D eigenvalue weighted by molar-refractivity contribution is -0.00763. The second-order valence-corrected chi connectivity index (χ2v) is 4.51. The number of hydrogen-bond donors (Lipinski definition) is 2. The number of ether oxygens (including phenoxy) is 1. The molecule has 0 bridgehead atoms. The molecule has 3 N–H and O–H groups in total. The third-order valence-corrected chi connectivity index (χ3v) is 3.50. The van der Waals surface area contributed by atoms with Crippen LogP contribution in [-0.2, 0) is 4.74 Å². The van der Waals surface area contributed by atoms with Crippen molar-refractivity contribution in [3.8, 4) is 0 Å². The summed E-state index contributed by atoms with van der Waals surface area (Å²) < 4.78 is 5.61. The molecule has 0 aromatic heterocycles. The topological polar surface area (TPSA) is 58.7 Å². The summed E-state index contributed by atoms with van der Waals surface area (Å²) in [4.78, 5) is 2.31. The van der Waals surface area contributed by atoms with Gasteiger partial charge in [0, 0.05) is 31.8 Å². The van der Waals surface area contributed by atoms with Gasteiger partial charge in [0.1, 0.15) is 0 Å². The Balaban J connectivity index is 2.38. The average molecular weight is 230 g/mol. The van der Waals surface area contributed by atoms with Gasteiger partial charge in [0.15, 0.2) is 0 Å². The van der Waals surface area contributed by atoms with Crippen molar-refractivity contribution in [3.05, 3.63) is 0 Å². The molecule has 1 fully saturated rings. The number of piperidine rings is 1. The van der Waals surface area contributed by atoms with Gasteiger partial charge in [-0.3, -0.25) is 4.90 Å². The van der Waals surface area contributed by atoms with Crippen LogP contribution in [0.3, 0.4) is 0 Å². The number of aliphatic hydroxyl groups excluding tert-OH is 1. The Labute approximate surface area is 98.8 Å². The summed E-state index contributed by atoms with van der Waals surface area (Å²) in [6.45, 7) is 7.04. The highest BCUT2D eigenvalue weighted by Crippen LogP contribution is 2.17. The van der Waals surface area contributed by atoms with Gasteiger partial charge in [-0.2, -0.15) is 0 Å². The molecule has 0 amide bonds. The van der Waals surface area contributed by atoms with Crippen molar-refractivity contribution in [2.24, 2.45) is 5.73 Å². The molecular weight excluding hydrogens is 204 g/mol. The van der Waals surface area contributed by atoms with Gasteiger partial charge in [-0.25, -0.2) is 0 Å². The van der Waals surface area contributed by atoms with Gasteiger partial charge in [-0.15, -0.1) is 0 Å². The second-order valence-electron chi connectivity index (χ2n) is 4.51. The van der Waals surface area contributed by atoms with Gasteiger partial charge < -0.3 is 15.6 Å². The molecule has 0 spiro atoms. The Bertz CT molecular complexity index is 182. The fraction of sp³-hybridized carbons (Fsp3) is 1.00. The molecule has 4 nitrogen and oxygen atoms in total. The van der Waals surface area contributed by atoms with Crippen LogP contribution in [0.1, 0.15) is 33.1 Å². The zero-order valence-corrected chi connectivity index (χ0v) is 10.6. The number of nitrogens with zero attached hydrogens (tertiary/aromatic N) is 1. The minimum absolute atomic E-state index is 0.0774. The van der Waals surface area contributed by atoms with Crippen LogP contribution in [-0.4, -0.2) is 54.5 Å². The molecule has 4 heteroatoms. The van der Waals surface area contributed by atoms with Crippen molar-refractivity contribution in [1.82, 2.24) is 4.90 Å². The molecule has 96 valence electrons. The highest BCUT2D eigenvalue weighted by molar-refractivity contribution is 4.84. The first-order chi connectivity index (χ1) is 7.72. The normalized spacial score (nSPS) is 23.2. The van der Waals surface area contributed by atoms with Crippen molar-refractivity contribution in [2.75, 3.05) is 26.3 Å². The Morgan fingerprint density at radius 1 is 1.38 bits per heavy atom. The fourth-order valence-electron chi connectivity index (χ4n) is 2.40. The van der Waals surface area contributed by atoms with Crippen molar-refractivity contribution in [2.45, 2.75) is 51.3 Å². The molecule has 2 atom stereocenters. The van der Waals surface area contributed by atoms with Crippen LogP contribution >= 0.6 is 0 Å². The lowest BCUT2D eigenvalue weighted by Crippen LogP contribution is -2.53. The standard InChI is InChI=1S/C12H26N2O2/c1-3-11(13)12(9-15)14-7-5-10(6-8-14)16-4-2/h10-12,15H,3-9,13H2,1-2H3. The van der Waals surface area contributed by atoms with Gasteiger partial charge in [0.2, 0.25) is 0 Å². The Kier molecular flexibility index (Phi) is 6.28. The smallest absolute Gasteiger partial charge is 0.0601 e. The molecule has 0 saturated carbocycles. The molecule has 1 heterocycles. The van der Waals surface area contributed by atoms with Crippen molar-refractivity contribution >= 4 is 0 Å². The molecule has 0 aliphatic carbocycles. The third-order valence-electron chi connectivity index (χ3n) is 3.50. The molecule has 0 aromatic rings. The molecule has 0 aromatic carbocycles. The summed E-state index contributed by atoms with van der Waals surface area (Å²) in [5, 5.41) is 9.40. The summed E-state index contributed by atoms with van der Waals surface area (Å²) in [5.74, 6) is 0. The van der Waals surface area contributed by atoms with Crippen LogP contribution in [0.15, 0.2) is 0 Å². The van der Waals surface area contributed by atoms with E-state index >= 15 is 0 Å². The van der Waals surface area contributed by atoms with Crippen LogP contribution in [0.25, 0.3) is 0 Å². The molecular formula is C12H26N2O2. The fourth-order valence-corrected chi connectivity index (χ4v) is 2.40. The van der Waals surface area contributed by atoms with E-state index < -0.39 is 0 Å². The third kappa shape index (κ3) is 3.70. The van der Waals surface area contributed by atoms with Gasteiger partial charge in [-0.1, -0.05) is 6.92 Å². The minimum atomic E-state index is 0.0774. The first-order valence-corrected chi connectivity index (χ1v) is 6.45. The maximum Gasteiger partial charge on any atom is 0.0601 e. The van der Waals surface area contributed by atoms with Crippen molar-refractivity contribution in [3.63, 3.8) is 0 Å². The average Bonchev–Trinajstić information content (AvgIpc) is 2.32. The quantitative estimate of drug-likeness (QED) is 0.701. The van der Waals surface area contributed by atoms with Crippen molar-refractivity contribution in [1.29, 1.82) is 0 Å². The maximum atomic E-state index is 9.40. The predicted molar refractivity (Wildman–Crippen MR) is 65.4 cm³/mol. The number of nitrogens with two attached hydrogens (primary N) is 1. The van der Waals surface area contributed by atoms with E-state index in [9.17, 15) is 5.11 Å². The highest BCUT2D eigenvalue weighted by Gasteiger charge is 2.27. The largest absolute Gasteiger partial charge is 0.395 e. The Morgan fingerprint density at radius 2 is 2.00 bits per heavy atom. The summed E-state index contributed by atoms with van der Waals surface area (Å²) in [5.41, 5.74) is 6.02. The van der Waals surface area contributed by atoms with Crippen LogP contribution in [0.2, 0.25) is 0 Å². The highest BCUT2D eigenvalue weighted by atomic mass is 16.5. The summed E-state index contributed by atoms with van der Waals surface area (Å²) in [6, 6.07) is 0.196. The van der Waals surface area contributed by atoms with Crippen LogP contribution in [0, 0.1) is 0 Å². The first kappa shape index (κ1) is 13.9. The van der Waals surface area contributed by atoms with Gasteiger partial charge in [0.05, 0.1) is 12.7 Å². The minimum Gasteiger partial charge on any atom is -0.395 e. The SMILES string of the molecule is CCOC1CCN(C(CO)C(N)CC)CC1. The van der Waals surface area contributed by atoms with Crippen LogP contribution in [0.5, 0.6) is 0 Å². The molecule has 1 aliphatic heterocycles. The van der Waals surface area contributed by atoms with E-state index in [1.54, 1.807) is 0 Å². The Hall–Kier alpha value is -0.160. The molecule has 1 rings (SSSR count). The van der Waals surface area contributed by atoms with Gasteiger partial charge >= 0.3 is 0 Å². The predicted octanol–water partition coefficient (Wildman–Crippen LogP) is 0.586. The lowest BCUT2D eigenvalue weighted by atomic mass is 10.0. The Morgan fingerprint density at radius 3 is 2.44 bits per heavy atom. The number of likely N-dealkylation sites (tertiary alicyclic amines) is 1. The molecule has 2 unspecified atom stereocenters. The van der Waals surface area contributed by atoms with Crippen molar-refractivity contribution < 1.29 is 9.84 Å². The zero-order valence-electron chi connectivity index (χ0n) is 10.6. The molecule has 1 aliphatic rings. The van der Waals surface area contributed by atoms with E-state index in [4.69, 9.17) is 10.5 Å². The van der Waals surface area contributed by atoms with Gasteiger partial charge in [-0.05, 0) is 26.2 Å². The number of aliphatic hydroxyl groups is 1. The molecule has 16 heavy (non-hydrogen) atoms. The first-order valence-electron chi connectivity index (χ1n) is 6.45. The zero-order chi connectivity index (χ0) is 12.0. The second kappa shape index (κ2) is 7.22. The lowest BCUT2D eigenvalue weighted by Gasteiger charge is -2.38. The van der Waals surface area contributed by atoms with E-state index in [1.807, 2.05) is 6.92 Å².